The molecule has 1 aromatic carbocycles. The number of likely N-dealkylation sites (tertiary alicyclic amines) is 1. The van der Waals surface area contributed by atoms with E-state index in [1.165, 1.54) is 0 Å². The standard InChI is InChI=1S/C15H18ClN3O2/c16-11-2-1-3-12(8-11)17-15(21)18-13-6-7-19(9-13)14(20)10-4-5-10/h1-3,8,10,13H,4-7,9H2,(H2,17,18,21). The monoisotopic (exact) mass is 307 g/mol. The summed E-state index contributed by atoms with van der Waals surface area (Å²) in [5.74, 6) is 0.485. The molecule has 21 heavy (non-hydrogen) atoms. The minimum Gasteiger partial charge on any atom is -0.340 e. The molecule has 1 heterocycles. The van der Waals surface area contributed by atoms with E-state index in [-0.39, 0.29) is 23.9 Å². The van der Waals surface area contributed by atoms with Gasteiger partial charge in [-0.2, -0.15) is 0 Å². The van der Waals surface area contributed by atoms with Crippen LogP contribution in [0, 0.1) is 5.92 Å². The lowest BCUT2D eigenvalue weighted by Crippen LogP contribution is -2.40. The zero-order chi connectivity index (χ0) is 14.8. The normalized spacial score (nSPS) is 21.2. The fourth-order valence-corrected chi connectivity index (χ4v) is 2.78. The van der Waals surface area contributed by atoms with Gasteiger partial charge in [0.25, 0.3) is 0 Å². The smallest absolute Gasteiger partial charge is 0.319 e. The van der Waals surface area contributed by atoms with E-state index in [2.05, 4.69) is 10.6 Å². The summed E-state index contributed by atoms with van der Waals surface area (Å²) in [5, 5.41) is 6.23. The Hall–Kier alpha value is -1.75. The van der Waals surface area contributed by atoms with Crippen LogP contribution in [0.4, 0.5) is 10.5 Å². The van der Waals surface area contributed by atoms with Crippen LogP contribution in [0.2, 0.25) is 5.02 Å². The number of hydrogen-bond donors (Lipinski definition) is 2. The highest BCUT2D eigenvalue weighted by Gasteiger charge is 2.36. The number of anilines is 1. The summed E-state index contributed by atoms with van der Waals surface area (Å²) in [4.78, 5) is 25.7. The molecular formula is C15H18ClN3O2. The van der Waals surface area contributed by atoms with Crippen LogP contribution in [0.25, 0.3) is 0 Å². The fourth-order valence-electron chi connectivity index (χ4n) is 2.59. The van der Waals surface area contributed by atoms with E-state index in [0.29, 0.717) is 17.3 Å². The van der Waals surface area contributed by atoms with Crippen LogP contribution < -0.4 is 10.6 Å². The first-order valence-corrected chi connectivity index (χ1v) is 7.61. The molecule has 1 saturated carbocycles. The van der Waals surface area contributed by atoms with Crippen molar-refractivity contribution in [1.82, 2.24) is 10.2 Å². The number of amides is 3. The molecule has 0 bridgehead atoms. The maximum atomic E-state index is 12.0. The van der Waals surface area contributed by atoms with Gasteiger partial charge in [-0.1, -0.05) is 17.7 Å². The van der Waals surface area contributed by atoms with Gasteiger partial charge >= 0.3 is 6.03 Å². The van der Waals surface area contributed by atoms with Crippen molar-refractivity contribution in [2.24, 2.45) is 5.92 Å². The van der Waals surface area contributed by atoms with Gasteiger partial charge in [-0.05, 0) is 37.5 Å². The third-order valence-electron chi connectivity index (χ3n) is 3.84. The minimum absolute atomic E-state index is 0.0203. The highest BCUT2D eigenvalue weighted by molar-refractivity contribution is 6.30. The molecule has 1 aliphatic carbocycles. The van der Waals surface area contributed by atoms with Gasteiger partial charge in [0, 0.05) is 35.8 Å². The number of nitrogens with zero attached hydrogens (tertiary/aromatic N) is 1. The Kier molecular flexibility index (Phi) is 4.01. The van der Waals surface area contributed by atoms with Crippen LogP contribution in [-0.2, 0) is 4.79 Å². The van der Waals surface area contributed by atoms with Crippen molar-refractivity contribution in [1.29, 1.82) is 0 Å². The van der Waals surface area contributed by atoms with Gasteiger partial charge in [0.2, 0.25) is 5.91 Å². The van der Waals surface area contributed by atoms with E-state index in [1.807, 2.05) is 4.90 Å². The second-order valence-electron chi connectivity index (χ2n) is 5.65. The highest BCUT2D eigenvalue weighted by Crippen LogP contribution is 2.32. The summed E-state index contributed by atoms with van der Waals surface area (Å²) in [7, 11) is 0. The Morgan fingerprint density at radius 3 is 2.76 bits per heavy atom. The SMILES string of the molecule is O=C(Nc1cccc(Cl)c1)NC1CCN(C(=O)C2CC2)C1. The van der Waals surface area contributed by atoms with Gasteiger partial charge in [-0.3, -0.25) is 4.79 Å². The number of benzene rings is 1. The summed E-state index contributed by atoms with van der Waals surface area (Å²) in [6.07, 6.45) is 2.84. The van der Waals surface area contributed by atoms with E-state index >= 15 is 0 Å². The van der Waals surface area contributed by atoms with Crippen molar-refractivity contribution in [3.8, 4) is 0 Å². The van der Waals surface area contributed by atoms with Crippen molar-refractivity contribution < 1.29 is 9.59 Å². The van der Waals surface area contributed by atoms with Crippen molar-refractivity contribution in [2.75, 3.05) is 18.4 Å². The molecule has 1 aromatic rings. The first-order valence-electron chi connectivity index (χ1n) is 7.24. The molecule has 1 unspecified atom stereocenters. The topological polar surface area (TPSA) is 61.4 Å². The molecule has 2 aliphatic rings. The average molecular weight is 308 g/mol. The molecule has 0 radical (unpaired) electrons. The number of halogens is 1. The van der Waals surface area contributed by atoms with Crippen LogP contribution in [0.15, 0.2) is 24.3 Å². The highest BCUT2D eigenvalue weighted by atomic mass is 35.5. The zero-order valence-electron chi connectivity index (χ0n) is 11.6. The van der Waals surface area contributed by atoms with Crippen molar-refractivity contribution in [3.63, 3.8) is 0 Å². The first-order chi connectivity index (χ1) is 10.1. The molecule has 3 rings (SSSR count). The maximum absolute atomic E-state index is 12.0. The maximum Gasteiger partial charge on any atom is 0.319 e. The minimum atomic E-state index is -0.261. The third kappa shape index (κ3) is 3.67. The predicted molar refractivity (Wildman–Crippen MR) is 81.3 cm³/mol. The van der Waals surface area contributed by atoms with Crippen LogP contribution in [-0.4, -0.2) is 36.0 Å². The third-order valence-corrected chi connectivity index (χ3v) is 4.08. The predicted octanol–water partition coefficient (Wildman–Crippen LogP) is 2.47. The van der Waals surface area contributed by atoms with E-state index in [1.54, 1.807) is 24.3 Å². The van der Waals surface area contributed by atoms with Gasteiger partial charge in [-0.15, -0.1) is 0 Å². The second-order valence-corrected chi connectivity index (χ2v) is 6.09. The summed E-state index contributed by atoms with van der Waals surface area (Å²) >= 11 is 5.87. The number of hydrogen-bond acceptors (Lipinski definition) is 2. The molecular weight excluding hydrogens is 290 g/mol. The summed E-state index contributed by atoms with van der Waals surface area (Å²) < 4.78 is 0. The quantitative estimate of drug-likeness (QED) is 0.901. The molecule has 3 amide bonds. The van der Waals surface area contributed by atoms with E-state index in [9.17, 15) is 9.59 Å². The van der Waals surface area contributed by atoms with Crippen molar-refractivity contribution in [2.45, 2.75) is 25.3 Å². The number of nitrogens with one attached hydrogen (secondary N) is 2. The molecule has 6 heteroatoms. The summed E-state index contributed by atoms with van der Waals surface area (Å²) in [6.45, 7) is 1.34. The van der Waals surface area contributed by atoms with Gasteiger partial charge < -0.3 is 15.5 Å². The van der Waals surface area contributed by atoms with Crippen LogP contribution >= 0.6 is 11.6 Å². The molecule has 1 saturated heterocycles. The van der Waals surface area contributed by atoms with E-state index in [0.717, 1.165) is 25.8 Å². The Labute approximate surface area is 128 Å². The molecule has 2 N–H and O–H groups in total. The van der Waals surface area contributed by atoms with Crippen LogP contribution in [0.1, 0.15) is 19.3 Å². The molecule has 112 valence electrons. The largest absolute Gasteiger partial charge is 0.340 e. The lowest BCUT2D eigenvalue weighted by Gasteiger charge is -2.17. The summed E-state index contributed by atoms with van der Waals surface area (Å²) in [6, 6.07) is 6.77. The second kappa shape index (κ2) is 5.93. The number of carbonyl (C=O) groups excluding carboxylic acids is 2. The molecule has 1 aliphatic heterocycles. The van der Waals surface area contributed by atoms with Crippen LogP contribution in [0.5, 0.6) is 0 Å². The molecule has 2 fully saturated rings. The van der Waals surface area contributed by atoms with Gasteiger partial charge in [0.15, 0.2) is 0 Å². The molecule has 1 atom stereocenters. The Bertz CT molecular complexity index is 560. The lowest BCUT2D eigenvalue weighted by molar-refractivity contribution is -0.131. The van der Waals surface area contributed by atoms with Gasteiger partial charge in [0.05, 0.1) is 0 Å². The molecule has 0 spiro atoms. The fraction of sp³-hybridized carbons (Fsp3) is 0.467. The molecule has 5 nitrogen and oxygen atoms in total. The molecule has 0 aromatic heterocycles. The van der Waals surface area contributed by atoms with E-state index < -0.39 is 0 Å². The Balaban J connectivity index is 1.48. The lowest BCUT2D eigenvalue weighted by atomic mass is 10.3. The first kappa shape index (κ1) is 14.2. The average Bonchev–Trinajstić information content (AvgIpc) is 3.18. The number of carbonyl (C=O) groups is 2. The Morgan fingerprint density at radius 2 is 2.05 bits per heavy atom. The number of rotatable bonds is 3. The van der Waals surface area contributed by atoms with Crippen molar-refractivity contribution in [3.05, 3.63) is 29.3 Å². The van der Waals surface area contributed by atoms with Gasteiger partial charge in [-0.25, -0.2) is 4.79 Å². The van der Waals surface area contributed by atoms with Crippen molar-refractivity contribution >= 4 is 29.2 Å². The number of urea groups is 1. The van der Waals surface area contributed by atoms with E-state index in [4.69, 9.17) is 11.6 Å². The van der Waals surface area contributed by atoms with Gasteiger partial charge in [0.1, 0.15) is 0 Å². The zero-order valence-corrected chi connectivity index (χ0v) is 12.4. The van der Waals surface area contributed by atoms with Crippen LogP contribution in [0.3, 0.4) is 0 Å². The Morgan fingerprint density at radius 1 is 1.24 bits per heavy atom. The summed E-state index contributed by atoms with van der Waals surface area (Å²) in [5.41, 5.74) is 0.656.